The maximum Gasteiger partial charge on any atom is 0.0681 e. The summed E-state index contributed by atoms with van der Waals surface area (Å²) >= 11 is 11.7. The first-order chi connectivity index (χ1) is 6.66. The lowest BCUT2D eigenvalue weighted by atomic mass is 9.82. The van der Waals surface area contributed by atoms with E-state index in [0.29, 0.717) is 0 Å². The van der Waals surface area contributed by atoms with Crippen molar-refractivity contribution in [1.29, 1.82) is 0 Å². The molecule has 1 aliphatic rings. The summed E-state index contributed by atoms with van der Waals surface area (Å²) in [6.45, 7) is 2.13. The van der Waals surface area contributed by atoms with Gasteiger partial charge in [0.2, 0.25) is 0 Å². The summed E-state index contributed by atoms with van der Waals surface area (Å²) < 4.78 is 1.21. The van der Waals surface area contributed by atoms with Crippen molar-refractivity contribution in [2.75, 3.05) is 0 Å². The minimum absolute atomic E-state index is 0.232. The second-order valence-corrected chi connectivity index (χ2v) is 6.72. The van der Waals surface area contributed by atoms with E-state index in [-0.39, 0.29) is 5.38 Å². The summed E-state index contributed by atoms with van der Waals surface area (Å²) in [5.74, 6) is 0.888. The first kappa shape index (κ1) is 11.0. The second kappa shape index (κ2) is 4.54. The topological polar surface area (TPSA) is 0 Å². The fourth-order valence-electron chi connectivity index (χ4n) is 1.77. The van der Waals surface area contributed by atoms with Crippen LogP contribution in [0.15, 0.2) is 10.5 Å². The highest BCUT2D eigenvalue weighted by molar-refractivity contribution is 9.10. The average molecular weight is 294 g/mol. The van der Waals surface area contributed by atoms with Gasteiger partial charge >= 0.3 is 0 Å². The standard InChI is InChI=1S/C11H14BrClS/c1-7-9(12)6-11(14-7)10(13)5-8-3-2-4-8/h6,8,10H,2-5H2,1H3. The molecule has 0 aromatic carbocycles. The van der Waals surface area contributed by atoms with E-state index in [1.807, 2.05) is 11.3 Å². The van der Waals surface area contributed by atoms with Crippen LogP contribution in [0.3, 0.4) is 0 Å². The number of rotatable bonds is 3. The molecule has 0 spiro atoms. The summed E-state index contributed by atoms with van der Waals surface area (Å²) in [5, 5.41) is 0.232. The van der Waals surface area contributed by atoms with Crippen LogP contribution in [0.5, 0.6) is 0 Å². The lowest BCUT2D eigenvalue weighted by Crippen LogP contribution is -2.12. The Labute approximate surface area is 103 Å². The summed E-state index contributed by atoms with van der Waals surface area (Å²) in [6.07, 6.45) is 5.33. The Kier molecular flexibility index (Phi) is 3.56. The Balaban J connectivity index is 1.98. The molecule has 0 aliphatic heterocycles. The summed E-state index contributed by atoms with van der Waals surface area (Å²) in [6, 6.07) is 2.18. The number of hydrogen-bond donors (Lipinski definition) is 0. The van der Waals surface area contributed by atoms with Crippen molar-refractivity contribution < 1.29 is 0 Å². The van der Waals surface area contributed by atoms with Crippen LogP contribution in [-0.4, -0.2) is 0 Å². The normalized spacial score (nSPS) is 19.4. The zero-order chi connectivity index (χ0) is 10.1. The van der Waals surface area contributed by atoms with Crippen LogP contribution >= 0.6 is 38.9 Å². The highest BCUT2D eigenvalue weighted by Crippen LogP contribution is 2.41. The molecule has 1 aromatic heterocycles. The van der Waals surface area contributed by atoms with E-state index in [0.717, 1.165) is 12.3 Å². The van der Waals surface area contributed by atoms with E-state index in [4.69, 9.17) is 11.6 Å². The van der Waals surface area contributed by atoms with Gasteiger partial charge in [-0.05, 0) is 41.3 Å². The Morgan fingerprint density at radius 2 is 2.36 bits per heavy atom. The molecule has 1 fully saturated rings. The number of aryl methyl sites for hydroxylation is 1. The molecule has 1 unspecified atom stereocenters. The van der Waals surface area contributed by atoms with Gasteiger partial charge in [0.25, 0.3) is 0 Å². The Morgan fingerprint density at radius 1 is 1.64 bits per heavy atom. The zero-order valence-electron chi connectivity index (χ0n) is 8.22. The molecule has 0 saturated heterocycles. The quantitative estimate of drug-likeness (QED) is 0.664. The van der Waals surface area contributed by atoms with Gasteiger partial charge in [-0.1, -0.05) is 19.3 Å². The van der Waals surface area contributed by atoms with E-state index in [1.165, 1.54) is 33.5 Å². The third kappa shape index (κ3) is 2.34. The Morgan fingerprint density at radius 3 is 2.79 bits per heavy atom. The predicted octanol–water partition coefficient (Wildman–Crippen LogP) is 5.29. The lowest BCUT2D eigenvalue weighted by Gasteiger charge is -2.26. The molecule has 78 valence electrons. The van der Waals surface area contributed by atoms with Crippen LogP contribution in [0.2, 0.25) is 0 Å². The molecule has 2 rings (SSSR count). The second-order valence-electron chi connectivity index (χ2n) is 4.05. The predicted molar refractivity (Wildman–Crippen MR) is 67.3 cm³/mol. The van der Waals surface area contributed by atoms with Gasteiger partial charge in [-0.3, -0.25) is 0 Å². The summed E-state index contributed by atoms with van der Waals surface area (Å²) in [7, 11) is 0. The van der Waals surface area contributed by atoms with Crippen molar-refractivity contribution >= 4 is 38.9 Å². The van der Waals surface area contributed by atoms with Gasteiger partial charge in [-0.2, -0.15) is 0 Å². The smallest absolute Gasteiger partial charge is 0.0681 e. The highest BCUT2D eigenvalue weighted by atomic mass is 79.9. The van der Waals surface area contributed by atoms with Crippen LogP contribution in [-0.2, 0) is 0 Å². The summed E-state index contributed by atoms with van der Waals surface area (Å²) in [5.41, 5.74) is 0. The van der Waals surface area contributed by atoms with Crippen molar-refractivity contribution in [2.45, 2.75) is 38.0 Å². The van der Waals surface area contributed by atoms with E-state index >= 15 is 0 Å². The van der Waals surface area contributed by atoms with Gasteiger partial charge in [-0.25, -0.2) is 0 Å². The zero-order valence-corrected chi connectivity index (χ0v) is 11.4. The fourth-order valence-corrected chi connectivity index (χ4v) is 3.77. The van der Waals surface area contributed by atoms with Crippen molar-refractivity contribution in [3.63, 3.8) is 0 Å². The lowest BCUT2D eigenvalue weighted by molar-refractivity contribution is 0.294. The molecule has 0 radical (unpaired) electrons. The molecule has 1 aromatic rings. The van der Waals surface area contributed by atoms with Gasteiger partial charge < -0.3 is 0 Å². The molecule has 0 N–H and O–H groups in total. The molecule has 14 heavy (non-hydrogen) atoms. The van der Waals surface area contributed by atoms with Crippen molar-refractivity contribution in [3.05, 3.63) is 20.3 Å². The third-order valence-electron chi connectivity index (χ3n) is 2.95. The third-order valence-corrected chi connectivity index (χ3v) is 5.74. The van der Waals surface area contributed by atoms with Crippen LogP contribution in [0.4, 0.5) is 0 Å². The van der Waals surface area contributed by atoms with Gasteiger partial charge in [0.1, 0.15) is 0 Å². The van der Waals surface area contributed by atoms with Gasteiger partial charge in [0.15, 0.2) is 0 Å². The Hall–Kier alpha value is 0.470. The van der Waals surface area contributed by atoms with Gasteiger partial charge in [0, 0.05) is 14.2 Å². The molecular weight excluding hydrogens is 280 g/mol. The molecule has 0 amide bonds. The molecule has 1 heterocycles. The monoisotopic (exact) mass is 292 g/mol. The van der Waals surface area contributed by atoms with Gasteiger partial charge in [-0.15, -0.1) is 22.9 Å². The molecule has 1 aliphatic carbocycles. The van der Waals surface area contributed by atoms with E-state index in [1.54, 1.807) is 0 Å². The van der Waals surface area contributed by atoms with E-state index in [2.05, 4.69) is 28.9 Å². The molecule has 1 atom stereocenters. The minimum atomic E-state index is 0.232. The molecular formula is C11H14BrClS. The maximum absolute atomic E-state index is 6.39. The minimum Gasteiger partial charge on any atom is -0.143 e. The van der Waals surface area contributed by atoms with E-state index in [9.17, 15) is 0 Å². The number of halogens is 2. The van der Waals surface area contributed by atoms with Gasteiger partial charge in [0.05, 0.1) is 5.38 Å². The largest absolute Gasteiger partial charge is 0.143 e. The number of alkyl halides is 1. The number of hydrogen-bond acceptors (Lipinski definition) is 1. The number of thiophene rings is 1. The Bertz CT molecular complexity index is 298. The van der Waals surface area contributed by atoms with E-state index < -0.39 is 0 Å². The molecule has 0 bridgehead atoms. The van der Waals surface area contributed by atoms with Crippen LogP contribution in [0.25, 0.3) is 0 Å². The van der Waals surface area contributed by atoms with Crippen LogP contribution < -0.4 is 0 Å². The maximum atomic E-state index is 6.39. The first-order valence-electron chi connectivity index (χ1n) is 5.06. The molecule has 0 nitrogen and oxygen atoms in total. The van der Waals surface area contributed by atoms with Crippen molar-refractivity contribution in [2.24, 2.45) is 5.92 Å². The molecule has 3 heteroatoms. The fraction of sp³-hybridized carbons (Fsp3) is 0.636. The summed E-state index contributed by atoms with van der Waals surface area (Å²) in [4.78, 5) is 2.65. The van der Waals surface area contributed by atoms with Crippen LogP contribution in [0.1, 0.15) is 40.8 Å². The van der Waals surface area contributed by atoms with Crippen LogP contribution in [0, 0.1) is 12.8 Å². The average Bonchev–Trinajstić information content (AvgIpc) is 2.40. The first-order valence-corrected chi connectivity index (χ1v) is 7.11. The molecule has 1 saturated carbocycles. The SMILES string of the molecule is Cc1sc(C(Cl)CC2CCC2)cc1Br. The highest BCUT2D eigenvalue weighted by Gasteiger charge is 2.22. The van der Waals surface area contributed by atoms with Crippen molar-refractivity contribution in [3.8, 4) is 0 Å². The van der Waals surface area contributed by atoms with Crippen molar-refractivity contribution in [1.82, 2.24) is 0 Å².